The monoisotopic (exact) mass is 343 g/mol. The quantitative estimate of drug-likeness (QED) is 0.523. The molecule has 0 amide bonds. The molecule has 0 aliphatic rings. The van der Waals surface area contributed by atoms with Crippen LogP contribution in [0.2, 0.25) is 0 Å². The van der Waals surface area contributed by atoms with Crippen LogP contribution in [0.4, 0.5) is 0 Å². The molecule has 0 unspecified atom stereocenters. The van der Waals surface area contributed by atoms with Crippen LogP contribution >= 0.6 is 0 Å². The zero-order valence-electron chi connectivity index (χ0n) is 12.7. The van der Waals surface area contributed by atoms with Gasteiger partial charge < -0.3 is 30.2 Å². The van der Waals surface area contributed by atoms with Crippen molar-refractivity contribution in [1.82, 2.24) is 0 Å². The number of ether oxygens (including phenoxy) is 1. The van der Waals surface area contributed by atoms with Crippen molar-refractivity contribution in [3.63, 3.8) is 0 Å². The average molecular weight is 343 g/mol. The summed E-state index contributed by atoms with van der Waals surface area (Å²) < 4.78 is 10.6. The van der Waals surface area contributed by atoms with Gasteiger partial charge in [0.05, 0.1) is 6.54 Å². The topological polar surface area (TPSA) is 143 Å². The highest BCUT2D eigenvalue weighted by Crippen LogP contribution is 2.36. The normalized spacial score (nSPS) is 10.8. The van der Waals surface area contributed by atoms with Crippen LogP contribution in [0, 0.1) is 0 Å². The maximum atomic E-state index is 12.7. The van der Waals surface area contributed by atoms with Gasteiger partial charge >= 0.3 is 5.97 Å². The zero-order chi connectivity index (χ0) is 18.1. The molecule has 1 heterocycles. The minimum atomic E-state index is -0.870. The predicted molar refractivity (Wildman–Crippen MR) is 87.6 cm³/mol. The van der Waals surface area contributed by atoms with Crippen LogP contribution in [-0.2, 0) is 4.79 Å². The van der Waals surface area contributed by atoms with E-state index in [9.17, 15) is 24.9 Å². The second-order valence-corrected chi connectivity index (χ2v) is 5.15. The summed E-state index contributed by atoms with van der Waals surface area (Å²) in [6.45, 7) is -0.464. The van der Waals surface area contributed by atoms with Gasteiger partial charge in [-0.3, -0.25) is 9.59 Å². The number of phenols is 3. The first-order valence-electron chi connectivity index (χ1n) is 7.13. The molecule has 0 atom stereocenters. The summed E-state index contributed by atoms with van der Waals surface area (Å²) in [5.41, 5.74) is 4.65. The van der Waals surface area contributed by atoms with E-state index in [1.165, 1.54) is 24.3 Å². The van der Waals surface area contributed by atoms with Crippen molar-refractivity contribution in [1.29, 1.82) is 0 Å². The summed E-state index contributed by atoms with van der Waals surface area (Å²) in [7, 11) is 0. The first kappa shape index (κ1) is 16.3. The Balaban J connectivity index is 2.36. The van der Waals surface area contributed by atoms with Gasteiger partial charge in [0.25, 0.3) is 0 Å². The number of aromatic hydroxyl groups is 3. The summed E-state index contributed by atoms with van der Waals surface area (Å²) in [5, 5.41) is 28.7. The Hall–Kier alpha value is -3.52. The Labute approximate surface area is 140 Å². The van der Waals surface area contributed by atoms with E-state index >= 15 is 0 Å². The number of carbonyl (C=O) groups is 1. The molecule has 0 aliphatic heterocycles. The largest absolute Gasteiger partial charge is 0.508 e. The minimum Gasteiger partial charge on any atom is -0.508 e. The molecule has 3 rings (SSSR count). The number of hydrogen-bond acceptors (Lipinski definition) is 8. The third kappa shape index (κ3) is 2.98. The van der Waals surface area contributed by atoms with Gasteiger partial charge in [0, 0.05) is 17.7 Å². The predicted octanol–water partition coefficient (Wildman–Crippen LogP) is 1.44. The Bertz CT molecular complexity index is 1020. The molecular formula is C17H13NO7. The van der Waals surface area contributed by atoms with Gasteiger partial charge in [-0.25, -0.2) is 0 Å². The summed E-state index contributed by atoms with van der Waals surface area (Å²) >= 11 is 0. The van der Waals surface area contributed by atoms with E-state index in [2.05, 4.69) is 0 Å². The molecule has 0 radical (unpaired) electrons. The number of carbonyl (C=O) groups excluding carboxylic acids is 1. The van der Waals surface area contributed by atoms with Crippen molar-refractivity contribution in [2.75, 3.05) is 6.54 Å². The lowest BCUT2D eigenvalue weighted by Crippen LogP contribution is -2.23. The molecule has 25 heavy (non-hydrogen) atoms. The molecule has 3 aromatic rings. The molecule has 8 heteroatoms. The van der Waals surface area contributed by atoms with Crippen molar-refractivity contribution >= 4 is 16.9 Å². The number of fused-ring (bicyclic) bond motifs is 1. The Morgan fingerprint density at radius 2 is 1.76 bits per heavy atom. The van der Waals surface area contributed by atoms with Crippen molar-refractivity contribution in [3.8, 4) is 34.3 Å². The van der Waals surface area contributed by atoms with Gasteiger partial charge in [0.1, 0.15) is 28.2 Å². The third-order valence-electron chi connectivity index (χ3n) is 3.43. The van der Waals surface area contributed by atoms with E-state index in [4.69, 9.17) is 14.9 Å². The van der Waals surface area contributed by atoms with Gasteiger partial charge in [0.15, 0.2) is 5.76 Å². The van der Waals surface area contributed by atoms with Crippen LogP contribution in [0.25, 0.3) is 22.3 Å². The van der Waals surface area contributed by atoms with Crippen molar-refractivity contribution in [2.24, 2.45) is 5.73 Å². The smallest absolute Gasteiger partial charge is 0.325 e. The highest BCUT2D eigenvalue weighted by Gasteiger charge is 2.22. The fraction of sp³-hybridized carbons (Fsp3) is 0.0588. The molecule has 5 N–H and O–H groups in total. The zero-order valence-corrected chi connectivity index (χ0v) is 12.7. The van der Waals surface area contributed by atoms with Crippen LogP contribution in [0.15, 0.2) is 45.6 Å². The Morgan fingerprint density at radius 3 is 2.40 bits per heavy atom. The summed E-state index contributed by atoms with van der Waals surface area (Å²) in [6.07, 6.45) is 0. The molecule has 0 saturated carbocycles. The molecular weight excluding hydrogens is 330 g/mol. The van der Waals surface area contributed by atoms with Crippen LogP contribution in [0.5, 0.6) is 23.0 Å². The second-order valence-electron chi connectivity index (χ2n) is 5.15. The summed E-state index contributed by atoms with van der Waals surface area (Å²) in [4.78, 5) is 24.3. The molecule has 0 saturated heterocycles. The Kier molecular flexibility index (Phi) is 4.04. The number of rotatable bonds is 3. The lowest BCUT2D eigenvalue weighted by atomic mass is 10.1. The van der Waals surface area contributed by atoms with E-state index < -0.39 is 29.4 Å². The fourth-order valence-corrected chi connectivity index (χ4v) is 2.32. The number of phenolic OH excluding ortho intramolecular Hbond substituents is 3. The molecule has 2 aromatic carbocycles. The molecule has 8 nitrogen and oxygen atoms in total. The lowest BCUT2D eigenvalue weighted by Gasteiger charge is -2.11. The van der Waals surface area contributed by atoms with Gasteiger partial charge in [0.2, 0.25) is 11.2 Å². The van der Waals surface area contributed by atoms with Crippen LogP contribution < -0.4 is 15.9 Å². The maximum Gasteiger partial charge on any atom is 0.325 e. The standard InChI is InChI=1S/C17H13NO7/c18-7-13(22)25-17-15(23)14-11(21)5-10(20)6-12(14)24-16(17)8-1-3-9(19)4-2-8/h1-6,19-21H,7,18H2. The van der Waals surface area contributed by atoms with E-state index in [1.54, 1.807) is 0 Å². The second kappa shape index (κ2) is 6.17. The first-order valence-corrected chi connectivity index (χ1v) is 7.13. The summed E-state index contributed by atoms with van der Waals surface area (Å²) in [6, 6.07) is 7.72. The van der Waals surface area contributed by atoms with Crippen molar-refractivity contribution in [3.05, 3.63) is 46.6 Å². The molecule has 0 bridgehead atoms. The molecule has 1 aromatic heterocycles. The molecule has 0 aliphatic carbocycles. The van der Waals surface area contributed by atoms with Crippen molar-refractivity contribution in [2.45, 2.75) is 0 Å². The Morgan fingerprint density at radius 1 is 1.08 bits per heavy atom. The lowest BCUT2D eigenvalue weighted by molar-refractivity contribution is -0.132. The molecule has 0 spiro atoms. The summed E-state index contributed by atoms with van der Waals surface area (Å²) in [5.74, 6) is -2.27. The molecule has 0 fully saturated rings. The number of esters is 1. The molecule has 128 valence electrons. The SMILES string of the molecule is NCC(=O)Oc1c(-c2ccc(O)cc2)oc2cc(O)cc(O)c2c1=O. The average Bonchev–Trinajstić information content (AvgIpc) is 2.57. The van der Waals surface area contributed by atoms with E-state index in [0.29, 0.717) is 5.56 Å². The number of hydrogen-bond donors (Lipinski definition) is 4. The van der Waals surface area contributed by atoms with Crippen molar-refractivity contribution < 1.29 is 29.3 Å². The number of benzene rings is 2. The van der Waals surface area contributed by atoms with E-state index in [-0.39, 0.29) is 28.2 Å². The highest BCUT2D eigenvalue weighted by molar-refractivity contribution is 5.89. The van der Waals surface area contributed by atoms with Gasteiger partial charge in [-0.15, -0.1) is 0 Å². The van der Waals surface area contributed by atoms with Gasteiger partial charge in [-0.1, -0.05) is 0 Å². The fourth-order valence-electron chi connectivity index (χ4n) is 2.32. The van der Waals surface area contributed by atoms with Gasteiger partial charge in [-0.05, 0) is 24.3 Å². The third-order valence-corrected chi connectivity index (χ3v) is 3.43. The van der Waals surface area contributed by atoms with Crippen LogP contribution in [-0.4, -0.2) is 27.8 Å². The van der Waals surface area contributed by atoms with Gasteiger partial charge in [-0.2, -0.15) is 0 Å². The van der Waals surface area contributed by atoms with E-state index in [0.717, 1.165) is 12.1 Å². The minimum absolute atomic E-state index is 0.0114. The van der Waals surface area contributed by atoms with E-state index in [1.807, 2.05) is 0 Å². The number of nitrogens with two attached hydrogens (primary N) is 1. The van der Waals surface area contributed by atoms with Crippen LogP contribution in [0.3, 0.4) is 0 Å². The first-order chi connectivity index (χ1) is 11.9. The highest BCUT2D eigenvalue weighted by atomic mass is 16.5. The maximum absolute atomic E-state index is 12.7. The van der Waals surface area contributed by atoms with Crippen LogP contribution in [0.1, 0.15) is 0 Å².